The molecule has 0 radical (unpaired) electrons. The summed E-state index contributed by atoms with van der Waals surface area (Å²) in [6, 6.07) is 13.7. The number of aryl methyl sites for hydroxylation is 2. The molecule has 0 atom stereocenters. The van der Waals surface area contributed by atoms with Gasteiger partial charge in [0.1, 0.15) is 0 Å². The first-order chi connectivity index (χ1) is 10.9. The standard InChI is InChI=1S/C19H22N2OS/c1-12(2)15-7-9-16(10-8-15)18(22)21-19(23)20-17-11-13(3)5-6-14(17)4/h5-12H,1-4H3,(H2,20,21,22,23). The van der Waals surface area contributed by atoms with Crippen LogP contribution >= 0.6 is 12.2 Å². The molecule has 3 nitrogen and oxygen atoms in total. The van der Waals surface area contributed by atoms with Crippen LogP contribution < -0.4 is 10.6 Å². The first-order valence-electron chi connectivity index (χ1n) is 7.66. The second-order valence-corrected chi connectivity index (χ2v) is 6.41. The van der Waals surface area contributed by atoms with Crippen molar-refractivity contribution in [1.82, 2.24) is 5.32 Å². The third-order valence-corrected chi connectivity index (χ3v) is 3.91. The topological polar surface area (TPSA) is 41.1 Å². The molecule has 23 heavy (non-hydrogen) atoms. The molecule has 0 unspecified atom stereocenters. The van der Waals surface area contributed by atoms with Crippen molar-refractivity contribution in [2.45, 2.75) is 33.6 Å². The molecule has 0 saturated carbocycles. The zero-order valence-electron chi connectivity index (χ0n) is 13.9. The number of benzene rings is 2. The molecule has 4 heteroatoms. The van der Waals surface area contributed by atoms with Crippen LogP contribution in [-0.2, 0) is 0 Å². The second-order valence-electron chi connectivity index (χ2n) is 6.00. The average molecular weight is 326 g/mol. The predicted molar refractivity (Wildman–Crippen MR) is 100 cm³/mol. The summed E-state index contributed by atoms with van der Waals surface area (Å²) in [5.41, 5.74) is 4.92. The summed E-state index contributed by atoms with van der Waals surface area (Å²) in [6.45, 7) is 8.26. The van der Waals surface area contributed by atoms with Gasteiger partial charge in [0.2, 0.25) is 0 Å². The minimum Gasteiger partial charge on any atom is -0.332 e. The van der Waals surface area contributed by atoms with Gasteiger partial charge in [0.15, 0.2) is 5.11 Å². The fraction of sp³-hybridized carbons (Fsp3) is 0.263. The number of carbonyl (C=O) groups is 1. The third kappa shape index (κ3) is 4.63. The summed E-state index contributed by atoms with van der Waals surface area (Å²) < 4.78 is 0. The Morgan fingerprint density at radius 1 is 1.04 bits per heavy atom. The zero-order chi connectivity index (χ0) is 17.0. The highest BCUT2D eigenvalue weighted by atomic mass is 32.1. The van der Waals surface area contributed by atoms with Crippen LogP contribution in [0.2, 0.25) is 0 Å². The minimum absolute atomic E-state index is 0.205. The summed E-state index contributed by atoms with van der Waals surface area (Å²) in [7, 11) is 0. The number of hydrogen-bond acceptors (Lipinski definition) is 2. The third-order valence-electron chi connectivity index (χ3n) is 3.71. The average Bonchev–Trinajstić information content (AvgIpc) is 2.51. The normalized spacial score (nSPS) is 10.5. The van der Waals surface area contributed by atoms with Crippen molar-refractivity contribution >= 4 is 28.9 Å². The van der Waals surface area contributed by atoms with E-state index in [0.29, 0.717) is 16.6 Å². The van der Waals surface area contributed by atoms with E-state index in [0.717, 1.165) is 16.8 Å². The first-order valence-corrected chi connectivity index (χ1v) is 8.07. The fourth-order valence-electron chi connectivity index (χ4n) is 2.22. The van der Waals surface area contributed by atoms with Gasteiger partial charge in [-0.25, -0.2) is 0 Å². The highest BCUT2D eigenvalue weighted by Crippen LogP contribution is 2.17. The van der Waals surface area contributed by atoms with Crippen LogP contribution in [0.15, 0.2) is 42.5 Å². The van der Waals surface area contributed by atoms with E-state index in [2.05, 4.69) is 24.5 Å². The van der Waals surface area contributed by atoms with Crippen molar-refractivity contribution in [3.8, 4) is 0 Å². The Balaban J connectivity index is 2.02. The Morgan fingerprint density at radius 3 is 2.30 bits per heavy atom. The predicted octanol–water partition coefficient (Wildman–Crippen LogP) is 4.55. The van der Waals surface area contributed by atoms with E-state index in [4.69, 9.17) is 12.2 Å². The molecule has 0 fully saturated rings. The van der Waals surface area contributed by atoms with Crippen molar-refractivity contribution in [2.24, 2.45) is 0 Å². The van der Waals surface area contributed by atoms with Crippen LogP contribution in [0, 0.1) is 13.8 Å². The fourth-order valence-corrected chi connectivity index (χ4v) is 2.42. The van der Waals surface area contributed by atoms with Gasteiger partial charge in [-0.2, -0.15) is 0 Å². The summed E-state index contributed by atoms with van der Waals surface area (Å²) in [6.07, 6.45) is 0. The molecule has 0 aliphatic heterocycles. The number of amides is 1. The van der Waals surface area contributed by atoms with E-state index < -0.39 is 0 Å². The molecule has 0 aliphatic rings. The lowest BCUT2D eigenvalue weighted by atomic mass is 10.0. The Labute approximate surface area is 143 Å². The van der Waals surface area contributed by atoms with Gasteiger partial charge in [0.05, 0.1) is 0 Å². The van der Waals surface area contributed by atoms with Gasteiger partial charge in [0.25, 0.3) is 5.91 Å². The molecule has 0 bridgehead atoms. The van der Waals surface area contributed by atoms with Gasteiger partial charge in [0, 0.05) is 11.3 Å². The van der Waals surface area contributed by atoms with Crippen LogP contribution in [0.25, 0.3) is 0 Å². The lowest BCUT2D eigenvalue weighted by Gasteiger charge is -2.13. The molecule has 0 saturated heterocycles. The maximum atomic E-state index is 12.2. The molecule has 2 aromatic carbocycles. The van der Waals surface area contributed by atoms with Crippen molar-refractivity contribution in [3.05, 3.63) is 64.7 Å². The Bertz CT molecular complexity index is 721. The minimum atomic E-state index is -0.205. The number of thiocarbonyl (C=S) groups is 1. The van der Waals surface area contributed by atoms with E-state index in [1.54, 1.807) is 0 Å². The van der Waals surface area contributed by atoms with E-state index >= 15 is 0 Å². The summed E-state index contributed by atoms with van der Waals surface area (Å²) in [5, 5.41) is 6.10. The largest absolute Gasteiger partial charge is 0.332 e. The monoisotopic (exact) mass is 326 g/mol. The lowest BCUT2D eigenvalue weighted by Crippen LogP contribution is -2.34. The Kier molecular flexibility index (Phi) is 5.50. The number of hydrogen-bond donors (Lipinski definition) is 2. The molecule has 2 rings (SSSR count). The van der Waals surface area contributed by atoms with Crippen LogP contribution in [-0.4, -0.2) is 11.0 Å². The molecule has 2 aromatic rings. The number of carbonyl (C=O) groups excluding carboxylic acids is 1. The summed E-state index contributed by atoms with van der Waals surface area (Å²) in [4.78, 5) is 12.2. The Morgan fingerprint density at radius 2 is 1.70 bits per heavy atom. The maximum Gasteiger partial charge on any atom is 0.257 e. The van der Waals surface area contributed by atoms with Crippen LogP contribution in [0.5, 0.6) is 0 Å². The number of nitrogens with one attached hydrogen (secondary N) is 2. The van der Waals surface area contributed by atoms with Crippen molar-refractivity contribution in [1.29, 1.82) is 0 Å². The molecule has 0 aliphatic carbocycles. The van der Waals surface area contributed by atoms with Gasteiger partial charge in [-0.05, 0) is 66.9 Å². The highest BCUT2D eigenvalue weighted by Gasteiger charge is 2.09. The molecule has 120 valence electrons. The SMILES string of the molecule is Cc1ccc(C)c(NC(=S)NC(=O)c2ccc(C(C)C)cc2)c1. The summed E-state index contributed by atoms with van der Waals surface area (Å²) in [5.74, 6) is 0.238. The number of anilines is 1. The highest BCUT2D eigenvalue weighted by molar-refractivity contribution is 7.80. The molecular formula is C19H22N2OS. The van der Waals surface area contributed by atoms with Gasteiger partial charge >= 0.3 is 0 Å². The van der Waals surface area contributed by atoms with Crippen LogP contribution in [0.3, 0.4) is 0 Å². The molecule has 0 heterocycles. The lowest BCUT2D eigenvalue weighted by molar-refractivity contribution is 0.0977. The smallest absolute Gasteiger partial charge is 0.257 e. The van der Waals surface area contributed by atoms with Crippen LogP contribution in [0.1, 0.15) is 46.8 Å². The van der Waals surface area contributed by atoms with Crippen molar-refractivity contribution in [2.75, 3.05) is 5.32 Å². The first kappa shape index (κ1) is 17.2. The van der Waals surface area contributed by atoms with E-state index in [-0.39, 0.29) is 5.91 Å². The van der Waals surface area contributed by atoms with E-state index in [1.807, 2.05) is 56.3 Å². The molecule has 0 spiro atoms. The van der Waals surface area contributed by atoms with E-state index in [1.165, 1.54) is 5.56 Å². The van der Waals surface area contributed by atoms with Gasteiger partial charge < -0.3 is 5.32 Å². The zero-order valence-corrected chi connectivity index (χ0v) is 14.8. The van der Waals surface area contributed by atoms with Crippen molar-refractivity contribution < 1.29 is 4.79 Å². The second kappa shape index (κ2) is 7.38. The van der Waals surface area contributed by atoms with Gasteiger partial charge in [-0.3, -0.25) is 10.1 Å². The molecule has 2 N–H and O–H groups in total. The van der Waals surface area contributed by atoms with Crippen LogP contribution in [0.4, 0.5) is 5.69 Å². The molecule has 0 aromatic heterocycles. The summed E-state index contributed by atoms with van der Waals surface area (Å²) >= 11 is 5.24. The van der Waals surface area contributed by atoms with E-state index in [9.17, 15) is 4.79 Å². The molecular weight excluding hydrogens is 304 g/mol. The van der Waals surface area contributed by atoms with Gasteiger partial charge in [-0.15, -0.1) is 0 Å². The maximum absolute atomic E-state index is 12.2. The Hall–Kier alpha value is -2.20. The quantitative estimate of drug-likeness (QED) is 0.813. The van der Waals surface area contributed by atoms with Gasteiger partial charge in [-0.1, -0.05) is 38.1 Å². The van der Waals surface area contributed by atoms with Crippen molar-refractivity contribution in [3.63, 3.8) is 0 Å². The molecule has 1 amide bonds. The number of rotatable bonds is 3.